The number of piperazine rings is 1. The Morgan fingerprint density at radius 2 is 2.19 bits per heavy atom. The van der Waals surface area contributed by atoms with E-state index in [0.29, 0.717) is 6.04 Å². The van der Waals surface area contributed by atoms with Crippen LogP contribution in [0.5, 0.6) is 0 Å². The maximum Gasteiger partial charge on any atom is 0.282 e. The minimum atomic E-state index is -0.772. The highest BCUT2D eigenvalue weighted by Gasteiger charge is 2.26. The number of hydrogen-bond donors (Lipinski definition) is 1. The van der Waals surface area contributed by atoms with Gasteiger partial charge in [-0.1, -0.05) is 6.92 Å². The molecule has 7 heteroatoms. The molecule has 0 aliphatic carbocycles. The van der Waals surface area contributed by atoms with E-state index >= 15 is 0 Å². The Bertz CT molecular complexity index is 561. The SMILES string of the molecule is CC[C@@H]1CN(C)CCN1c1ccc([N+](=O)[O-])c(C(N)=O)c1. The highest BCUT2D eigenvalue weighted by atomic mass is 16.6. The number of hydrogen-bond acceptors (Lipinski definition) is 5. The molecule has 1 atom stereocenters. The second kappa shape index (κ2) is 6.09. The number of likely N-dealkylation sites (N-methyl/N-ethyl adjacent to an activating group) is 1. The van der Waals surface area contributed by atoms with Crippen LogP contribution < -0.4 is 10.6 Å². The van der Waals surface area contributed by atoms with E-state index in [1.807, 2.05) is 0 Å². The van der Waals surface area contributed by atoms with Gasteiger partial charge >= 0.3 is 0 Å². The van der Waals surface area contributed by atoms with Crippen LogP contribution in [0.3, 0.4) is 0 Å². The number of nitro benzene ring substituents is 1. The average Bonchev–Trinajstić information content (AvgIpc) is 2.46. The molecule has 1 saturated heterocycles. The molecule has 0 bridgehead atoms. The predicted molar refractivity (Wildman–Crippen MR) is 80.5 cm³/mol. The third-order valence-electron chi connectivity index (χ3n) is 3.93. The van der Waals surface area contributed by atoms with Crippen molar-refractivity contribution in [2.45, 2.75) is 19.4 Å². The van der Waals surface area contributed by atoms with Crippen molar-refractivity contribution in [3.8, 4) is 0 Å². The molecule has 0 aromatic heterocycles. The lowest BCUT2D eigenvalue weighted by Gasteiger charge is -2.41. The van der Waals surface area contributed by atoms with Gasteiger partial charge in [-0.15, -0.1) is 0 Å². The van der Waals surface area contributed by atoms with E-state index in [1.54, 1.807) is 6.07 Å². The first kappa shape index (κ1) is 15.2. The Morgan fingerprint density at radius 3 is 2.76 bits per heavy atom. The quantitative estimate of drug-likeness (QED) is 0.665. The number of nitro groups is 1. The van der Waals surface area contributed by atoms with Crippen LogP contribution in [-0.2, 0) is 0 Å². The molecule has 1 aliphatic rings. The molecule has 1 aliphatic heterocycles. The summed E-state index contributed by atoms with van der Waals surface area (Å²) in [6, 6.07) is 4.92. The topological polar surface area (TPSA) is 92.7 Å². The fourth-order valence-corrected chi connectivity index (χ4v) is 2.76. The summed E-state index contributed by atoms with van der Waals surface area (Å²) < 4.78 is 0. The first-order valence-electron chi connectivity index (χ1n) is 6.97. The largest absolute Gasteiger partial charge is 0.366 e. The van der Waals surface area contributed by atoms with Gasteiger partial charge in [-0.2, -0.15) is 0 Å². The van der Waals surface area contributed by atoms with Crippen molar-refractivity contribution < 1.29 is 9.72 Å². The molecule has 0 radical (unpaired) electrons. The maximum atomic E-state index is 11.5. The zero-order valence-corrected chi connectivity index (χ0v) is 12.3. The minimum Gasteiger partial charge on any atom is -0.366 e. The highest BCUT2D eigenvalue weighted by Crippen LogP contribution is 2.28. The minimum absolute atomic E-state index is 0.0359. The van der Waals surface area contributed by atoms with E-state index < -0.39 is 10.8 Å². The molecular weight excluding hydrogens is 272 g/mol. The Morgan fingerprint density at radius 1 is 1.48 bits per heavy atom. The summed E-state index contributed by atoms with van der Waals surface area (Å²) in [7, 11) is 2.07. The summed E-state index contributed by atoms with van der Waals surface area (Å²) in [6.45, 7) is 4.78. The van der Waals surface area contributed by atoms with E-state index in [-0.39, 0.29) is 11.3 Å². The summed E-state index contributed by atoms with van der Waals surface area (Å²) in [4.78, 5) is 26.3. The fourth-order valence-electron chi connectivity index (χ4n) is 2.76. The average molecular weight is 292 g/mol. The second-order valence-electron chi connectivity index (χ2n) is 5.34. The number of nitrogens with two attached hydrogens (primary N) is 1. The van der Waals surface area contributed by atoms with E-state index in [2.05, 4.69) is 23.8 Å². The molecule has 1 aromatic carbocycles. The molecule has 2 N–H and O–H groups in total. The molecule has 0 unspecified atom stereocenters. The van der Waals surface area contributed by atoms with Crippen LogP contribution in [0.2, 0.25) is 0 Å². The second-order valence-corrected chi connectivity index (χ2v) is 5.34. The molecule has 0 spiro atoms. The van der Waals surface area contributed by atoms with Crippen molar-refractivity contribution in [3.63, 3.8) is 0 Å². The van der Waals surface area contributed by atoms with Crippen molar-refractivity contribution in [2.24, 2.45) is 5.73 Å². The fraction of sp³-hybridized carbons (Fsp3) is 0.500. The first-order valence-corrected chi connectivity index (χ1v) is 6.97. The van der Waals surface area contributed by atoms with Crippen LogP contribution in [0, 0.1) is 10.1 Å². The molecule has 21 heavy (non-hydrogen) atoms. The van der Waals surface area contributed by atoms with Gasteiger partial charge in [0.05, 0.1) is 4.92 Å². The number of amides is 1. The van der Waals surface area contributed by atoms with Gasteiger partial charge in [-0.05, 0) is 25.6 Å². The van der Waals surface area contributed by atoms with Gasteiger partial charge in [0.15, 0.2) is 0 Å². The van der Waals surface area contributed by atoms with Crippen LogP contribution in [0.4, 0.5) is 11.4 Å². The van der Waals surface area contributed by atoms with Gasteiger partial charge in [0.2, 0.25) is 0 Å². The summed E-state index contributed by atoms with van der Waals surface area (Å²) >= 11 is 0. The Balaban J connectivity index is 2.38. The molecule has 114 valence electrons. The molecule has 1 amide bonds. The number of primary amides is 1. The van der Waals surface area contributed by atoms with Gasteiger partial charge in [0.1, 0.15) is 5.56 Å². The highest BCUT2D eigenvalue weighted by molar-refractivity contribution is 5.98. The zero-order chi connectivity index (χ0) is 15.6. The molecule has 1 fully saturated rings. The van der Waals surface area contributed by atoms with Crippen molar-refractivity contribution in [2.75, 3.05) is 31.6 Å². The normalized spacial score (nSPS) is 19.5. The van der Waals surface area contributed by atoms with Crippen LogP contribution in [0.1, 0.15) is 23.7 Å². The number of benzene rings is 1. The summed E-state index contributed by atoms with van der Waals surface area (Å²) in [5, 5.41) is 11.0. The summed E-state index contributed by atoms with van der Waals surface area (Å²) in [6.07, 6.45) is 0.966. The van der Waals surface area contributed by atoms with Gasteiger partial charge in [0.25, 0.3) is 11.6 Å². The molecule has 7 nitrogen and oxygen atoms in total. The lowest BCUT2D eigenvalue weighted by atomic mass is 10.1. The van der Waals surface area contributed by atoms with Crippen molar-refractivity contribution in [3.05, 3.63) is 33.9 Å². The van der Waals surface area contributed by atoms with Crippen molar-refractivity contribution >= 4 is 17.3 Å². The molecule has 1 heterocycles. The molecule has 0 saturated carbocycles. The van der Waals surface area contributed by atoms with E-state index in [4.69, 9.17) is 5.73 Å². The third-order valence-corrected chi connectivity index (χ3v) is 3.93. The van der Waals surface area contributed by atoms with Gasteiger partial charge in [-0.3, -0.25) is 14.9 Å². The van der Waals surface area contributed by atoms with E-state index in [9.17, 15) is 14.9 Å². The molecule has 1 aromatic rings. The standard InChI is InChI=1S/C14H20N4O3/c1-3-10-9-16(2)6-7-17(10)11-4-5-13(18(20)21)12(8-11)14(15)19/h4-5,8,10H,3,6-7,9H2,1-2H3,(H2,15,19)/t10-/m1/s1. The smallest absolute Gasteiger partial charge is 0.282 e. The van der Waals surface area contributed by atoms with Crippen molar-refractivity contribution in [1.29, 1.82) is 0 Å². The van der Waals surface area contributed by atoms with Crippen molar-refractivity contribution in [1.82, 2.24) is 4.90 Å². The third kappa shape index (κ3) is 3.13. The lowest BCUT2D eigenvalue weighted by Crippen LogP contribution is -2.51. The molecule has 2 rings (SSSR count). The van der Waals surface area contributed by atoms with Crippen LogP contribution >= 0.6 is 0 Å². The summed E-state index contributed by atoms with van der Waals surface area (Å²) in [5.41, 5.74) is 5.81. The Hall–Kier alpha value is -2.15. The molecular formula is C14H20N4O3. The first-order chi connectivity index (χ1) is 9.93. The number of anilines is 1. The monoisotopic (exact) mass is 292 g/mol. The van der Waals surface area contributed by atoms with Crippen LogP contribution in [0.25, 0.3) is 0 Å². The Kier molecular flexibility index (Phi) is 4.42. The number of rotatable bonds is 4. The van der Waals surface area contributed by atoms with Gasteiger partial charge in [-0.25, -0.2) is 0 Å². The zero-order valence-electron chi connectivity index (χ0n) is 12.3. The number of nitrogens with zero attached hydrogens (tertiary/aromatic N) is 3. The number of carbonyl (C=O) groups is 1. The van der Waals surface area contributed by atoms with Gasteiger partial charge < -0.3 is 15.5 Å². The number of carbonyl (C=O) groups excluding carboxylic acids is 1. The summed E-state index contributed by atoms with van der Waals surface area (Å²) in [5.74, 6) is -0.772. The van der Waals surface area contributed by atoms with E-state index in [1.165, 1.54) is 12.1 Å². The Labute approximate surface area is 123 Å². The van der Waals surface area contributed by atoms with Gasteiger partial charge in [0, 0.05) is 37.4 Å². The van der Waals surface area contributed by atoms with Crippen LogP contribution in [-0.4, -0.2) is 48.5 Å². The predicted octanol–water partition coefficient (Wildman–Crippen LogP) is 1.22. The maximum absolute atomic E-state index is 11.5. The lowest BCUT2D eigenvalue weighted by molar-refractivity contribution is -0.385. The van der Waals surface area contributed by atoms with E-state index in [0.717, 1.165) is 31.7 Å². The van der Waals surface area contributed by atoms with Crippen LogP contribution in [0.15, 0.2) is 18.2 Å².